The third-order valence-corrected chi connectivity index (χ3v) is 2.11. The highest BCUT2D eigenvalue weighted by Gasteiger charge is 2.09. The Morgan fingerprint density at radius 1 is 1.39 bits per heavy atom. The number of carbonyl (C=O) groups excluding carboxylic acids is 2. The second-order valence-electron chi connectivity index (χ2n) is 3.61. The van der Waals surface area contributed by atoms with Gasteiger partial charge in [-0.3, -0.25) is 9.78 Å². The van der Waals surface area contributed by atoms with Crippen molar-refractivity contribution in [1.29, 1.82) is 0 Å². The number of amides is 1. The number of ether oxygens (including phenoxy) is 2. The van der Waals surface area contributed by atoms with Gasteiger partial charge in [-0.05, 0) is 19.1 Å². The lowest BCUT2D eigenvalue weighted by Gasteiger charge is -2.06. The Morgan fingerprint density at radius 3 is 2.78 bits per heavy atom. The van der Waals surface area contributed by atoms with Crippen molar-refractivity contribution in [3.8, 4) is 0 Å². The molecule has 0 aromatic carbocycles. The predicted molar refractivity (Wildman–Crippen MR) is 64.1 cm³/mol. The average Bonchev–Trinajstić information content (AvgIpc) is 2.37. The number of carbonyl (C=O) groups is 2. The van der Waals surface area contributed by atoms with Gasteiger partial charge in [0.25, 0.3) is 5.91 Å². The molecule has 6 heteroatoms. The highest BCUT2D eigenvalue weighted by molar-refractivity contribution is 5.90. The van der Waals surface area contributed by atoms with Crippen molar-refractivity contribution < 1.29 is 19.1 Å². The summed E-state index contributed by atoms with van der Waals surface area (Å²) in [5.74, 6) is -0.926. The van der Waals surface area contributed by atoms with Crippen LogP contribution in [-0.2, 0) is 14.3 Å². The van der Waals surface area contributed by atoms with Crippen molar-refractivity contribution in [2.75, 3.05) is 26.9 Å². The molecule has 0 bridgehead atoms. The van der Waals surface area contributed by atoms with E-state index in [2.05, 4.69) is 10.3 Å². The average molecular weight is 252 g/mol. The van der Waals surface area contributed by atoms with E-state index < -0.39 is 5.97 Å². The van der Waals surface area contributed by atoms with Gasteiger partial charge < -0.3 is 14.8 Å². The lowest BCUT2D eigenvalue weighted by atomic mass is 10.2. The summed E-state index contributed by atoms with van der Waals surface area (Å²) < 4.78 is 9.60. The summed E-state index contributed by atoms with van der Waals surface area (Å²) >= 11 is 0. The van der Waals surface area contributed by atoms with Crippen molar-refractivity contribution in [3.05, 3.63) is 29.6 Å². The quantitative estimate of drug-likeness (QED) is 0.582. The Morgan fingerprint density at radius 2 is 2.17 bits per heavy atom. The summed E-state index contributed by atoms with van der Waals surface area (Å²) in [5, 5.41) is 2.54. The molecule has 0 atom stereocenters. The molecule has 1 N–H and O–H groups in total. The molecule has 0 spiro atoms. The van der Waals surface area contributed by atoms with Gasteiger partial charge in [0.2, 0.25) is 0 Å². The first-order valence-electron chi connectivity index (χ1n) is 5.49. The Kier molecular flexibility index (Phi) is 5.79. The van der Waals surface area contributed by atoms with Crippen LogP contribution in [0, 0.1) is 6.92 Å². The van der Waals surface area contributed by atoms with Gasteiger partial charge in [-0.15, -0.1) is 0 Å². The molecule has 98 valence electrons. The Bertz CT molecular complexity index is 403. The van der Waals surface area contributed by atoms with Crippen LogP contribution in [0.2, 0.25) is 0 Å². The highest BCUT2D eigenvalue weighted by atomic mass is 16.5. The topological polar surface area (TPSA) is 77.5 Å². The zero-order valence-electron chi connectivity index (χ0n) is 10.4. The third kappa shape index (κ3) is 4.92. The van der Waals surface area contributed by atoms with Crippen molar-refractivity contribution in [2.24, 2.45) is 0 Å². The highest BCUT2D eigenvalue weighted by Crippen LogP contribution is 2.01. The molecule has 0 aliphatic heterocycles. The molecule has 0 aliphatic carbocycles. The number of esters is 1. The van der Waals surface area contributed by atoms with Crippen LogP contribution >= 0.6 is 0 Å². The number of nitrogens with zero attached hydrogens (tertiary/aromatic N) is 1. The van der Waals surface area contributed by atoms with E-state index >= 15 is 0 Å². The number of methoxy groups -OCH3 is 1. The van der Waals surface area contributed by atoms with E-state index in [4.69, 9.17) is 9.47 Å². The SMILES string of the molecule is COCCNC(=O)COC(=O)c1ccc(C)nc1. The Hall–Kier alpha value is -1.95. The monoisotopic (exact) mass is 252 g/mol. The lowest BCUT2D eigenvalue weighted by molar-refractivity contribution is -0.124. The molecule has 0 radical (unpaired) electrons. The van der Waals surface area contributed by atoms with Crippen LogP contribution in [0.5, 0.6) is 0 Å². The number of aromatic nitrogens is 1. The van der Waals surface area contributed by atoms with Gasteiger partial charge in [-0.25, -0.2) is 4.79 Å². The molecule has 1 aromatic heterocycles. The lowest BCUT2D eigenvalue weighted by Crippen LogP contribution is -2.31. The second-order valence-corrected chi connectivity index (χ2v) is 3.61. The van der Waals surface area contributed by atoms with E-state index in [0.29, 0.717) is 18.7 Å². The van der Waals surface area contributed by atoms with E-state index in [1.807, 2.05) is 6.92 Å². The summed E-state index contributed by atoms with van der Waals surface area (Å²) in [4.78, 5) is 26.7. The largest absolute Gasteiger partial charge is 0.452 e. The molecule has 0 saturated heterocycles. The zero-order valence-corrected chi connectivity index (χ0v) is 10.4. The maximum atomic E-state index is 11.5. The molecular formula is C12H16N2O4. The number of aryl methyl sites for hydroxylation is 1. The van der Waals surface area contributed by atoms with Crippen LogP contribution in [-0.4, -0.2) is 43.7 Å². The first-order chi connectivity index (χ1) is 8.63. The molecule has 0 saturated carbocycles. The minimum absolute atomic E-state index is 0.309. The normalized spacial score (nSPS) is 9.89. The van der Waals surface area contributed by atoms with Gasteiger partial charge in [0.15, 0.2) is 6.61 Å². The van der Waals surface area contributed by atoms with Crippen molar-refractivity contribution >= 4 is 11.9 Å². The third-order valence-electron chi connectivity index (χ3n) is 2.11. The van der Waals surface area contributed by atoms with E-state index in [9.17, 15) is 9.59 Å². The first-order valence-corrected chi connectivity index (χ1v) is 5.49. The summed E-state index contributed by atoms with van der Waals surface area (Å²) in [6.45, 7) is 2.31. The van der Waals surface area contributed by atoms with Crippen LogP contribution in [0.15, 0.2) is 18.3 Å². The molecule has 1 heterocycles. The van der Waals surface area contributed by atoms with Crippen LogP contribution in [0.4, 0.5) is 0 Å². The molecule has 0 aliphatic rings. The van der Waals surface area contributed by atoms with Gasteiger partial charge in [0, 0.05) is 25.5 Å². The summed E-state index contributed by atoms with van der Waals surface area (Å²) in [7, 11) is 1.54. The fourth-order valence-electron chi connectivity index (χ4n) is 1.15. The maximum Gasteiger partial charge on any atom is 0.340 e. The van der Waals surface area contributed by atoms with Crippen molar-refractivity contribution in [2.45, 2.75) is 6.92 Å². The van der Waals surface area contributed by atoms with Crippen molar-refractivity contribution in [3.63, 3.8) is 0 Å². The molecule has 18 heavy (non-hydrogen) atoms. The molecule has 6 nitrogen and oxygen atoms in total. The molecule has 1 rings (SSSR count). The van der Waals surface area contributed by atoms with E-state index in [1.54, 1.807) is 12.1 Å². The molecule has 0 fully saturated rings. The van der Waals surface area contributed by atoms with Gasteiger partial charge in [-0.1, -0.05) is 0 Å². The molecule has 1 amide bonds. The van der Waals surface area contributed by atoms with Crippen LogP contribution in [0.1, 0.15) is 16.1 Å². The zero-order chi connectivity index (χ0) is 13.4. The first kappa shape index (κ1) is 14.1. The fourth-order valence-corrected chi connectivity index (χ4v) is 1.15. The van der Waals surface area contributed by atoms with Crippen molar-refractivity contribution in [1.82, 2.24) is 10.3 Å². The Balaban J connectivity index is 2.32. The standard InChI is InChI=1S/C12H16N2O4/c1-9-3-4-10(7-14-9)12(16)18-8-11(15)13-5-6-17-2/h3-4,7H,5-6,8H2,1-2H3,(H,13,15). The summed E-state index contributed by atoms with van der Waals surface area (Å²) in [5.41, 5.74) is 1.13. The summed E-state index contributed by atoms with van der Waals surface area (Å²) in [6.07, 6.45) is 1.42. The smallest absolute Gasteiger partial charge is 0.340 e. The number of hydrogen-bond donors (Lipinski definition) is 1. The number of nitrogens with one attached hydrogen (secondary N) is 1. The Labute approximate surface area is 105 Å². The van der Waals surface area contributed by atoms with E-state index in [1.165, 1.54) is 13.3 Å². The molecular weight excluding hydrogens is 236 g/mol. The maximum absolute atomic E-state index is 11.5. The number of pyridine rings is 1. The van der Waals surface area contributed by atoms with Gasteiger partial charge in [-0.2, -0.15) is 0 Å². The van der Waals surface area contributed by atoms with Gasteiger partial charge >= 0.3 is 5.97 Å². The van der Waals surface area contributed by atoms with E-state index in [-0.39, 0.29) is 12.5 Å². The number of hydrogen-bond acceptors (Lipinski definition) is 5. The van der Waals surface area contributed by atoms with Gasteiger partial charge in [0.05, 0.1) is 12.2 Å². The van der Waals surface area contributed by atoms with Gasteiger partial charge in [0.1, 0.15) is 0 Å². The van der Waals surface area contributed by atoms with E-state index in [0.717, 1.165) is 5.69 Å². The van der Waals surface area contributed by atoms with Crippen LogP contribution in [0.25, 0.3) is 0 Å². The minimum Gasteiger partial charge on any atom is -0.452 e. The van der Waals surface area contributed by atoms with Crippen LogP contribution in [0.3, 0.4) is 0 Å². The fraction of sp³-hybridized carbons (Fsp3) is 0.417. The molecule has 1 aromatic rings. The second kappa shape index (κ2) is 7.39. The number of rotatable bonds is 6. The van der Waals surface area contributed by atoms with Crippen LogP contribution < -0.4 is 5.32 Å². The molecule has 0 unspecified atom stereocenters. The predicted octanol–water partition coefficient (Wildman–Crippen LogP) is 0.309. The summed E-state index contributed by atoms with van der Waals surface area (Å²) in [6, 6.07) is 3.31. The minimum atomic E-state index is -0.565.